The fourth-order valence-electron chi connectivity index (χ4n) is 2.64. The molecule has 2 heterocycles. The van der Waals surface area contributed by atoms with Gasteiger partial charge >= 0.3 is 0 Å². The molecular weight excluding hydrogens is 268 g/mol. The van der Waals surface area contributed by atoms with E-state index in [1.807, 2.05) is 11.8 Å². The van der Waals surface area contributed by atoms with Crippen LogP contribution in [-0.4, -0.2) is 31.5 Å². The summed E-state index contributed by atoms with van der Waals surface area (Å²) < 4.78 is 5.45. The van der Waals surface area contributed by atoms with Gasteiger partial charge in [0.1, 0.15) is 0 Å². The average molecular weight is 290 g/mol. The SMILES string of the molecule is CC1(CNC2=NCC(c3ccccc3)S2)CCOCC1. The fourth-order valence-corrected chi connectivity index (χ4v) is 3.66. The molecule has 1 aromatic carbocycles. The zero-order chi connectivity index (χ0) is 13.8. The number of nitrogens with one attached hydrogen (secondary N) is 1. The van der Waals surface area contributed by atoms with Crippen LogP contribution in [0.1, 0.15) is 30.6 Å². The van der Waals surface area contributed by atoms with Crippen LogP contribution in [0.4, 0.5) is 0 Å². The molecule has 4 heteroatoms. The van der Waals surface area contributed by atoms with Crippen LogP contribution in [0.3, 0.4) is 0 Å². The standard InChI is InChI=1S/C16H22N2OS/c1-16(7-9-19-10-8-16)12-18-15-17-11-14(20-15)13-5-3-2-4-6-13/h2-6,14H,7-12H2,1H3,(H,17,18). The van der Waals surface area contributed by atoms with E-state index in [-0.39, 0.29) is 0 Å². The molecule has 2 aliphatic heterocycles. The van der Waals surface area contributed by atoms with Gasteiger partial charge in [-0.15, -0.1) is 0 Å². The van der Waals surface area contributed by atoms with E-state index in [1.54, 1.807) is 0 Å². The van der Waals surface area contributed by atoms with Gasteiger partial charge in [-0.1, -0.05) is 49.0 Å². The molecule has 1 fully saturated rings. The van der Waals surface area contributed by atoms with Gasteiger partial charge in [-0.2, -0.15) is 0 Å². The Hall–Kier alpha value is -1.00. The summed E-state index contributed by atoms with van der Waals surface area (Å²) in [5.41, 5.74) is 1.72. The Morgan fingerprint density at radius 1 is 1.30 bits per heavy atom. The maximum absolute atomic E-state index is 5.45. The minimum absolute atomic E-state index is 0.353. The van der Waals surface area contributed by atoms with Crippen molar-refractivity contribution in [2.24, 2.45) is 10.4 Å². The molecule has 0 bridgehead atoms. The van der Waals surface area contributed by atoms with Crippen molar-refractivity contribution in [1.82, 2.24) is 5.32 Å². The summed E-state index contributed by atoms with van der Waals surface area (Å²) in [6.07, 6.45) is 2.28. The van der Waals surface area contributed by atoms with Crippen LogP contribution in [0, 0.1) is 5.41 Å². The van der Waals surface area contributed by atoms with Crippen LogP contribution in [0.2, 0.25) is 0 Å². The van der Waals surface area contributed by atoms with E-state index in [0.29, 0.717) is 10.7 Å². The third kappa shape index (κ3) is 3.36. The van der Waals surface area contributed by atoms with Gasteiger partial charge in [0.05, 0.1) is 11.8 Å². The van der Waals surface area contributed by atoms with Crippen LogP contribution < -0.4 is 5.32 Å². The summed E-state index contributed by atoms with van der Waals surface area (Å²) in [5.74, 6) is 0. The topological polar surface area (TPSA) is 33.6 Å². The Kier molecular flexibility index (Phi) is 4.32. The number of hydrogen-bond donors (Lipinski definition) is 1. The summed E-state index contributed by atoms with van der Waals surface area (Å²) in [5, 5.41) is 5.13. The van der Waals surface area contributed by atoms with E-state index in [1.165, 1.54) is 5.56 Å². The highest BCUT2D eigenvalue weighted by Gasteiger charge is 2.29. The Bertz CT molecular complexity index is 469. The first-order valence-corrected chi connectivity index (χ1v) is 8.21. The molecule has 1 aromatic rings. The molecule has 108 valence electrons. The highest BCUT2D eigenvalue weighted by molar-refractivity contribution is 8.14. The van der Waals surface area contributed by atoms with Crippen molar-refractivity contribution in [3.63, 3.8) is 0 Å². The van der Waals surface area contributed by atoms with Crippen LogP contribution in [0.15, 0.2) is 35.3 Å². The fraction of sp³-hybridized carbons (Fsp3) is 0.562. The van der Waals surface area contributed by atoms with Crippen molar-refractivity contribution in [1.29, 1.82) is 0 Å². The Morgan fingerprint density at radius 3 is 2.80 bits per heavy atom. The molecule has 0 amide bonds. The number of hydrogen-bond acceptors (Lipinski definition) is 4. The molecular formula is C16H22N2OS. The quantitative estimate of drug-likeness (QED) is 0.928. The number of nitrogens with zero attached hydrogens (tertiary/aromatic N) is 1. The Labute approximate surface area is 125 Å². The third-order valence-electron chi connectivity index (χ3n) is 4.19. The normalized spacial score (nSPS) is 25.2. The molecule has 0 aliphatic carbocycles. The molecule has 20 heavy (non-hydrogen) atoms. The van der Waals surface area contributed by atoms with Crippen LogP contribution in [-0.2, 0) is 4.74 Å². The number of ether oxygens (including phenoxy) is 1. The second-order valence-corrected chi connectivity index (χ2v) is 7.13. The predicted molar refractivity (Wildman–Crippen MR) is 85.2 cm³/mol. The van der Waals surface area contributed by atoms with E-state index in [0.717, 1.165) is 44.3 Å². The van der Waals surface area contributed by atoms with Crippen LogP contribution in [0.25, 0.3) is 0 Å². The number of amidine groups is 1. The first-order chi connectivity index (χ1) is 9.75. The van der Waals surface area contributed by atoms with Crippen LogP contribution in [0.5, 0.6) is 0 Å². The summed E-state index contributed by atoms with van der Waals surface area (Å²) >= 11 is 1.86. The van der Waals surface area contributed by atoms with Gasteiger partial charge in [0.25, 0.3) is 0 Å². The van der Waals surface area contributed by atoms with Gasteiger partial charge in [0.15, 0.2) is 5.17 Å². The summed E-state index contributed by atoms with van der Waals surface area (Å²) in [4.78, 5) is 4.65. The molecule has 0 spiro atoms. The lowest BCUT2D eigenvalue weighted by atomic mass is 9.82. The van der Waals surface area contributed by atoms with Crippen molar-refractivity contribution in [2.45, 2.75) is 25.0 Å². The van der Waals surface area contributed by atoms with Gasteiger partial charge in [-0.3, -0.25) is 4.99 Å². The van der Waals surface area contributed by atoms with Gasteiger partial charge in [0.2, 0.25) is 0 Å². The number of aliphatic imine (C=N–C) groups is 1. The molecule has 1 atom stereocenters. The zero-order valence-electron chi connectivity index (χ0n) is 12.0. The molecule has 0 saturated carbocycles. The average Bonchev–Trinajstić information content (AvgIpc) is 2.96. The predicted octanol–water partition coefficient (Wildman–Crippen LogP) is 3.24. The minimum Gasteiger partial charge on any atom is -0.381 e. The van der Waals surface area contributed by atoms with Crippen LogP contribution >= 0.6 is 11.8 Å². The lowest BCUT2D eigenvalue weighted by Crippen LogP contribution is -2.38. The van der Waals surface area contributed by atoms with Crippen molar-refractivity contribution < 1.29 is 4.74 Å². The molecule has 1 saturated heterocycles. The minimum atomic E-state index is 0.353. The van der Waals surface area contributed by atoms with Gasteiger partial charge < -0.3 is 10.1 Å². The number of thioether (sulfide) groups is 1. The Balaban J connectivity index is 1.50. The highest BCUT2D eigenvalue weighted by atomic mass is 32.2. The molecule has 2 aliphatic rings. The lowest BCUT2D eigenvalue weighted by Gasteiger charge is -2.33. The first-order valence-electron chi connectivity index (χ1n) is 7.33. The van der Waals surface area contributed by atoms with Crippen molar-refractivity contribution in [3.05, 3.63) is 35.9 Å². The van der Waals surface area contributed by atoms with E-state index in [9.17, 15) is 0 Å². The van der Waals surface area contributed by atoms with E-state index >= 15 is 0 Å². The van der Waals surface area contributed by atoms with Gasteiger partial charge in [-0.05, 0) is 23.8 Å². The zero-order valence-corrected chi connectivity index (χ0v) is 12.8. The molecule has 0 radical (unpaired) electrons. The molecule has 3 rings (SSSR count). The summed E-state index contributed by atoms with van der Waals surface area (Å²) in [7, 11) is 0. The molecule has 0 aromatic heterocycles. The van der Waals surface area contributed by atoms with E-state index in [2.05, 4.69) is 47.6 Å². The maximum Gasteiger partial charge on any atom is 0.157 e. The molecule has 1 N–H and O–H groups in total. The number of rotatable bonds is 3. The van der Waals surface area contributed by atoms with E-state index in [4.69, 9.17) is 4.74 Å². The van der Waals surface area contributed by atoms with Crippen molar-refractivity contribution in [2.75, 3.05) is 26.3 Å². The van der Waals surface area contributed by atoms with Crippen molar-refractivity contribution >= 4 is 16.9 Å². The first kappa shape index (κ1) is 14.0. The van der Waals surface area contributed by atoms with Crippen molar-refractivity contribution in [3.8, 4) is 0 Å². The molecule has 1 unspecified atom stereocenters. The van der Waals surface area contributed by atoms with Gasteiger partial charge in [-0.25, -0.2) is 0 Å². The largest absolute Gasteiger partial charge is 0.381 e. The third-order valence-corrected chi connectivity index (χ3v) is 5.39. The highest BCUT2D eigenvalue weighted by Crippen LogP contribution is 2.35. The second kappa shape index (κ2) is 6.19. The van der Waals surface area contributed by atoms with Gasteiger partial charge in [0, 0.05) is 19.8 Å². The monoisotopic (exact) mass is 290 g/mol. The lowest BCUT2D eigenvalue weighted by molar-refractivity contribution is 0.0262. The number of benzene rings is 1. The molecule has 3 nitrogen and oxygen atoms in total. The smallest absolute Gasteiger partial charge is 0.157 e. The maximum atomic E-state index is 5.45. The van der Waals surface area contributed by atoms with E-state index < -0.39 is 0 Å². The summed E-state index contributed by atoms with van der Waals surface area (Å²) in [6, 6.07) is 10.6. The second-order valence-electron chi connectivity index (χ2n) is 5.94. The summed E-state index contributed by atoms with van der Waals surface area (Å²) in [6.45, 7) is 6.02. The Morgan fingerprint density at radius 2 is 2.05 bits per heavy atom.